The molecule has 1 amide bonds. The number of ether oxygens (including phenoxy) is 2. The Morgan fingerprint density at radius 3 is 2.48 bits per heavy atom. The summed E-state index contributed by atoms with van der Waals surface area (Å²) < 4.78 is 10.6. The Morgan fingerprint density at radius 1 is 1.15 bits per heavy atom. The molecule has 0 fully saturated rings. The number of hydrogen-bond acceptors (Lipinski definition) is 5. The molecule has 0 spiro atoms. The molecule has 1 aromatic carbocycles. The Bertz CT molecular complexity index is 821. The number of rotatable bonds is 8. The van der Waals surface area contributed by atoms with Gasteiger partial charge in [-0.15, -0.1) is 11.3 Å². The highest BCUT2D eigenvalue weighted by atomic mass is 32.1. The van der Waals surface area contributed by atoms with Crippen molar-refractivity contribution >= 4 is 34.3 Å². The fourth-order valence-electron chi connectivity index (χ4n) is 2.38. The smallest absolute Gasteiger partial charge is 0.341 e. The van der Waals surface area contributed by atoms with Crippen molar-refractivity contribution in [2.24, 2.45) is 0 Å². The SMILES string of the molecule is CCCOc1ccc(C=CC(=O)Nc2sc(C)c(C)c2C(=O)OCC)cc1. The van der Waals surface area contributed by atoms with Crippen LogP contribution in [-0.4, -0.2) is 25.1 Å². The first-order valence-corrected chi connectivity index (χ1v) is 9.76. The van der Waals surface area contributed by atoms with Gasteiger partial charge in [0, 0.05) is 11.0 Å². The molecule has 144 valence electrons. The normalized spacial score (nSPS) is 10.8. The van der Waals surface area contributed by atoms with Crippen molar-refractivity contribution in [3.8, 4) is 5.75 Å². The van der Waals surface area contributed by atoms with Crippen LogP contribution in [0.25, 0.3) is 6.08 Å². The minimum absolute atomic E-state index is 0.290. The number of aryl methyl sites for hydroxylation is 1. The number of benzene rings is 1. The maximum atomic E-state index is 12.3. The molecular weight excluding hydrogens is 362 g/mol. The number of thiophene rings is 1. The van der Waals surface area contributed by atoms with Gasteiger partial charge in [0.2, 0.25) is 5.91 Å². The van der Waals surface area contributed by atoms with Crippen LogP contribution in [0.15, 0.2) is 30.3 Å². The number of carbonyl (C=O) groups excluding carboxylic acids is 2. The largest absolute Gasteiger partial charge is 0.494 e. The second-order valence-corrected chi connectivity index (χ2v) is 7.17. The Kier molecular flexibility index (Phi) is 7.61. The predicted octanol–water partition coefficient (Wildman–Crippen LogP) is 4.98. The first-order chi connectivity index (χ1) is 13.0. The van der Waals surface area contributed by atoms with Crippen LogP contribution >= 0.6 is 11.3 Å². The lowest BCUT2D eigenvalue weighted by atomic mass is 10.1. The van der Waals surface area contributed by atoms with Gasteiger partial charge >= 0.3 is 5.97 Å². The lowest BCUT2D eigenvalue weighted by molar-refractivity contribution is -0.111. The van der Waals surface area contributed by atoms with Crippen molar-refractivity contribution < 1.29 is 19.1 Å². The van der Waals surface area contributed by atoms with Gasteiger partial charge < -0.3 is 14.8 Å². The maximum absolute atomic E-state index is 12.3. The minimum atomic E-state index is -0.415. The molecule has 27 heavy (non-hydrogen) atoms. The number of esters is 1. The van der Waals surface area contributed by atoms with Crippen molar-refractivity contribution in [3.05, 3.63) is 51.9 Å². The van der Waals surface area contributed by atoms with Gasteiger partial charge in [-0.25, -0.2) is 4.79 Å². The van der Waals surface area contributed by atoms with Gasteiger partial charge in [0.05, 0.1) is 18.8 Å². The van der Waals surface area contributed by atoms with Crippen LogP contribution in [0.3, 0.4) is 0 Å². The quantitative estimate of drug-likeness (QED) is 0.512. The van der Waals surface area contributed by atoms with E-state index >= 15 is 0 Å². The molecule has 0 atom stereocenters. The zero-order chi connectivity index (χ0) is 19.8. The minimum Gasteiger partial charge on any atom is -0.494 e. The molecule has 0 aliphatic rings. The molecule has 0 unspecified atom stereocenters. The molecule has 0 aliphatic carbocycles. The van der Waals surface area contributed by atoms with Gasteiger partial charge in [0.25, 0.3) is 0 Å². The summed E-state index contributed by atoms with van der Waals surface area (Å²) in [6, 6.07) is 7.52. The molecule has 2 aromatic rings. The van der Waals surface area contributed by atoms with E-state index in [2.05, 4.69) is 12.2 Å². The molecule has 1 heterocycles. The van der Waals surface area contributed by atoms with Crippen molar-refractivity contribution in [1.29, 1.82) is 0 Å². The average Bonchev–Trinajstić information content (AvgIpc) is 2.93. The number of nitrogens with one attached hydrogen (secondary N) is 1. The van der Waals surface area contributed by atoms with E-state index in [1.807, 2.05) is 38.1 Å². The highest BCUT2D eigenvalue weighted by Crippen LogP contribution is 2.33. The van der Waals surface area contributed by atoms with Crippen molar-refractivity contribution in [3.63, 3.8) is 0 Å². The monoisotopic (exact) mass is 387 g/mol. The van der Waals surface area contributed by atoms with Crippen molar-refractivity contribution in [1.82, 2.24) is 0 Å². The van der Waals surface area contributed by atoms with Gasteiger partial charge in [-0.05, 0) is 56.5 Å². The molecule has 0 aliphatic heterocycles. The van der Waals surface area contributed by atoms with E-state index in [1.54, 1.807) is 13.0 Å². The second kappa shape index (κ2) is 9.92. The van der Waals surface area contributed by atoms with Crippen LogP contribution in [0, 0.1) is 13.8 Å². The van der Waals surface area contributed by atoms with Crippen LogP contribution in [0.2, 0.25) is 0 Å². The van der Waals surface area contributed by atoms with Gasteiger partial charge in [-0.3, -0.25) is 4.79 Å². The Morgan fingerprint density at radius 2 is 1.85 bits per heavy atom. The third-order valence-electron chi connectivity index (χ3n) is 3.88. The molecule has 2 rings (SSSR count). The molecule has 5 nitrogen and oxygen atoms in total. The summed E-state index contributed by atoms with van der Waals surface area (Å²) in [5.74, 6) is 0.0940. The van der Waals surface area contributed by atoms with Gasteiger partial charge in [-0.2, -0.15) is 0 Å². The highest BCUT2D eigenvalue weighted by Gasteiger charge is 2.21. The van der Waals surface area contributed by atoms with Gasteiger partial charge in [-0.1, -0.05) is 19.1 Å². The Balaban J connectivity index is 2.06. The van der Waals surface area contributed by atoms with Crippen LogP contribution in [-0.2, 0) is 9.53 Å². The Labute approximate surface area is 164 Å². The number of carbonyl (C=O) groups is 2. The molecule has 0 saturated carbocycles. The summed E-state index contributed by atoms with van der Waals surface area (Å²) in [5, 5.41) is 3.30. The lowest BCUT2D eigenvalue weighted by Gasteiger charge is -2.06. The first-order valence-electron chi connectivity index (χ1n) is 8.95. The van der Waals surface area contributed by atoms with Crippen molar-refractivity contribution in [2.75, 3.05) is 18.5 Å². The summed E-state index contributed by atoms with van der Waals surface area (Å²) in [4.78, 5) is 25.4. The van der Waals surface area contributed by atoms with E-state index in [1.165, 1.54) is 17.4 Å². The molecular formula is C21H25NO4S. The first kappa shape index (κ1) is 20.7. The molecule has 1 N–H and O–H groups in total. The summed E-state index contributed by atoms with van der Waals surface area (Å²) in [6.07, 6.45) is 4.12. The highest BCUT2D eigenvalue weighted by molar-refractivity contribution is 7.16. The van der Waals surface area contributed by atoms with Crippen LogP contribution in [0.5, 0.6) is 5.75 Å². The van der Waals surface area contributed by atoms with E-state index < -0.39 is 5.97 Å². The lowest BCUT2D eigenvalue weighted by Crippen LogP contribution is -2.12. The molecule has 0 radical (unpaired) electrons. The number of anilines is 1. The third kappa shape index (κ3) is 5.69. The van der Waals surface area contributed by atoms with Gasteiger partial charge in [0.15, 0.2) is 0 Å². The van der Waals surface area contributed by atoms with Gasteiger partial charge in [0.1, 0.15) is 10.8 Å². The average molecular weight is 388 g/mol. The fraction of sp³-hybridized carbons (Fsp3) is 0.333. The molecule has 0 bridgehead atoms. The summed E-state index contributed by atoms with van der Waals surface area (Å²) in [6.45, 7) is 8.55. The van der Waals surface area contributed by atoms with Crippen molar-refractivity contribution in [2.45, 2.75) is 34.1 Å². The van der Waals surface area contributed by atoms with E-state index in [9.17, 15) is 9.59 Å². The van der Waals surface area contributed by atoms with Crippen LogP contribution in [0.4, 0.5) is 5.00 Å². The third-order valence-corrected chi connectivity index (χ3v) is 5.00. The zero-order valence-electron chi connectivity index (χ0n) is 16.1. The second-order valence-electron chi connectivity index (χ2n) is 5.95. The maximum Gasteiger partial charge on any atom is 0.341 e. The Hall–Kier alpha value is -2.60. The zero-order valence-corrected chi connectivity index (χ0v) is 16.9. The molecule has 6 heteroatoms. The van der Waals surface area contributed by atoms with E-state index in [0.717, 1.165) is 28.2 Å². The summed E-state index contributed by atoms with van der Waals surface area (Å²) in [7, 11) is 0. The summed E-state index contributed by atoms with van der Waals surface area (Å²) in [5.41, 5.74) is 2.15. The standard InChI is InChI=1S/C21H25NO4S/c1-5-13-26-17-10-7-16(8-11-17)9-12-18(23)22-20-19(21(24)25-6-2)14(3)15(4)27-20/h7-12H,5-6,13H2,1-4H3,(H,22,23). The molecule has 0 saturated heterocycles. The number of hydrogen-bond donors (Lipinski definition) is 1. The van der Waals surface area contributed by atoms with E-state index in [0.29, 0.717) is 23.8 Å². The summed E-state index contributed by atoms with van der Waals surface area (Å²) >= 11 is 1.37. The number of amides is 1. The van der Waals surface area contributed by atoms with E-state index in [4.69, 9.17) is 9.47 Å². The predicted molar refractivity (Wildman–Crippen MR) is 110 cm³/mol. The fourth-order valence-corrected chi connectivity index (χ4v) is 3.44. The topological polar surface area (TPSA) is 64.6 Å². The van der Waals surface area contributed by atoms with E-state index in [-0.39, 0.29) is 5.91 Å². The molecule has 1 aromatic heterocycles. The van der Waals surface area contributed by atoms with Crippen LogP contribution in [0.1, 0.15) is 46.6 Å². The van der Waals surface area contributed by atoms with Crippen LogP contribution < -0.4 is 10.1 Å².